The van der Waals surface area contributed by atoms with Crippen molar-refractivity contribution in [3.8, 4) is 11.5 Å². The van der Waals surface area contributed by atoms with E-state index in [0.29, 0.717) is 18.2 Å². The maximum absolute atomic E-state index is 12.1. The molecule has 0 saturated heterocycles. The largest absolute Gasteiger partial charge is 0.497 e. The molecule has 5 nitrogen and oxygen atoms in total. The molecule has 0 aliphatic rings. The topological polar surface area (TPSA) is 52.0 Å². The van der Waals surface area contributed by atoms with E-state index in [1.807, 2.05) is 43.4 Å². The van der Waals surface area contributed by atoms with Gasteiger partial charge in [-0.15, -0.1) is 0 Å². The zero-order chi connectivity index (χ0) is 18.1. The number of hydrogen-bond donors (Lipinski definition) is 2. The molecule has 0 bridgehead atoms. The van der Waals surface area contributed by atoms with E-state index in [2.05, 4.69) is 5.32 Å². The molecule has 2 N–H and O–H groups in total. The monoisotopic (exact) mass is 363 g/mol. The molecular formula is C19H24ClN2O3+. The Kier molecular flexibility index (Phi) is 7.57. The van der Waals surface area contributed by atoms with Gasteiger partial charge in [0.25, 0.3) is 5.91 Å². The Morgan fingerprint density at radius 3 is 2.36 bits per heavy atom. The molecule has 6 heteroatoms. The minimum atomic E-state index is -0.0127. The average molecular weight is 364 g/mol. The predicted molar refractivity (Wildman–Crippen MR) is 99.8 cm³/mol. The van der Waals surface area contributed by atoms with Crippen LogP contribution in [-0.2, 0) is 4.79 Å². The van der Waals surface area contributed by atoms with Crippen molar-refractivity contribution in [1.29, 1.82) is 0 Å². The zero-order valence-corrected chi connectivity index (χ0v) is 15.3. The van der Waals surface area contributed by atoms with E-state index in [-0.39, 0.29) is 5.91 Å². The second-order valence-electron chi connectivity index (χ2n) is 5.82. The first-order valence-corrected chi connectivity index (χ1v) is 8.58. The lowest BCUT2D eigenvalue weighted by Gasteiger charge is -2.14. The maximum Gasteiger partial charge on any atom is 0.279 e. The SMILES string of the molecule is COc1ccc(NC(=O)C[NH+](C)CCCOc2ccc(Cl)cc2)cc1. The van der Waals surface area contributed by atoms with Gasteiger partial charge in [-0.1, -0.05) is 11.6 Å². The summed E-state index contributed by atoms with van der Waals surface area (Å²) in [4.78, 5) is 13.2. The molecule has 0 fully saturated rings. The lowest BCUT2D eigenvalue weighted by Crippen LogP contribution is -3.10. The van der Waals surface area contributed by atoms with Crippen LogP contribution in [0.5, 0.6) is 11.5 Å². The fourth-order valence-electron chi connectivity index (χ4n) is 2.34. The van der Waals surface area contributed by atoms with Crippen molar-refractivity contribution in [1.82, 2.24) is 0 Å². The molecular weight excluding hydrogens is 340 g/mol. The van der Waals surface area contributed by atoms with E-state index in [1.54, 1.807) is 19.2 Å². The summed E-state index contributed by atoms with van der Waals surface area (Å²) in [6.45, 7) is 1.87. The number of nitrogens with one attached hydrogen (secondary N) is 2. The summed E-state index contributed by atoms with van der Waals surface area (Å²) in [6.07, 6.45) is 0.865. The van der Waals surface area contributed by atoms with Crippen LogP contribution in [0, 0.1) is 0 Å². The summed E-state index contributed by atoms with van der Waals surface area (Å²) in [7, 11) is 3.61. The van der Waals surface area contributed by atoms with Crippen molar-refractivity contribution >= 4 is 23.2 Å². The van der Waals surface area contributed by atoms with Crippen LogP contribution in [0.4, 0.5) is 5.69 Å². The summed E-state index contributed by atoms with van der Waals surface area (Å²) in [6, 6.07) is 14.6. The number of hydrogen-bond acceptors (Lipinski definition) is 3. The normalized spacial score (nSPS) is 11.6. The number of anilines is 1. The average Bonchev–Trinajstić information content (AvgIpc) is 2.61. The summed E-state index contributed by atoms with van der Waals surface area (Å²) in [5, 5.41) is 3.58. The maximum atomic E-state index is 12.1. The van der Waals surface area contributed by atoms with Crippen molar-refractivity contribution in [2.75, 3.05) is 39.2 Å². The molecule has 134 valence electrons. The van der Waals surface area contributed by atoms with E-state index in [1.165, 1.54) is 0 Å². The van der Waals surface area contributed by atoms with Crippen molar-refractivity contribution in [3.05, 3.63) is 53.6 Å². The van der Waals surface area contributed by atoms with Crippen LogP contribution < -0.4 is 19.7 Å². The van der Waals surface area contributed by atoms with E-state index in [4.69, 9.17) is 21.1 Å². The first-order valence-electron chi connectivity index (χ1n) is 8.20. The van der Waals surface area contributed by atoms with Gasteiger partial charge in [-0.2, -0.15) is 0 Å². The Hall–Kier alpha value is -2.24. The van der Waals surface area contributed by atoms with E-state index >= 15 is 0 Å². The number of methoxy groups -OCH3 is 1. The van der Waals surface area contributed by atoms with Gasteiger partial charge in [-0.25, -0.2) is 0 Å². The van der Waals surface area contributed by atoms with Gasteiger partial charge in [0.2, 0.25) is 0 Å². The molecule has 1 atom stereocenters. The third-order valence-electron chi connectivity index (χ3n) is 3.67. The van der Waals surface area contributed by atoms with Crippen LogP contribution in [0.25, 0.3) is 0 Å². The first kappa shape index (κ1) is 19.1. The van der Waals surface area contributed by atoms with Gasteiger partial charge >= 0.3 is 0 Å². The number of rotatable bonds is 9. The highest BCUT2D eigenvalue weighted by Gasteiger charge is 2.10. The minimum absolute atomic E-state index is 0.0127. The standard InChI is InChI=1S/C19H23ClN2O3/c1-22(12-3-13-25-18-8-4-15(20)5-9-18)14-19(23)21-16-6-10-17(24-2)11-7-16/h4-11H,3,12-14H2,1-2H3,(H,21,23)/p+1. The number of carbonyl (C=O) groups excluding carboxylic acids is 1. The van der Waals surface area contributed by atoms with Gasteiger partial charge in [0.05, 0.1) is 27.3 Å². The molecule has 0 aliphatic carbocycles. The third kappa shape index (κ3) is 7.03. The summed E-state index contributed by atoms with van der Waals surface area (Å²) < 4.78 is 10.7. The quantitative estimate of drug-likeness (QED) is 0.672. The molecule has 0 heterocycles. The lowest BCUT2D eigenvalue weighted by atomic mass is 10.3. The summed E-state index contributed by atoms with van der Waals surface area (Å²) in [5.41, 5.74) is 0.768. The number of quaternary nitrogens is 1. The smallest absolute Gasteiger partial charge is 0.279 e. The second-order valence-corrected chi connectivity index (χ2v) is 6.25. The van der Waals surface area contributed by atoms with E-state index in [0.717, 1.165) is 35.1 Å². The molecule has 2 aromatic rings. The van der Waals surface area contributed by atoms with Gasteiger partial charge in [0.1, 0.15) is 11.5 Å². The summed E-state index contributed by atoms with van der Waals surface area (Å²) >= 11 is 5.83. The van der Waals surface area contributed by atoms with Crippen molar-refractivity contribution in [2.24, 2.45) is 0 Å². The summed E-state index contributed by atoms with van der Waals surface area (Å²) in [5.74, 6) is 1.56. The van der Waals surface area contributed by atoms with Gasteiger partial charge in [-0.05, 0) is 48.5 Å². The molecule has 1 unspecified atom stereocenters. The highest BCUT2D eigenvalue weighted by Crippen LogP contribution is 2.15. The molecule has 2 aromatic carbocycles. The van der Waals surface area contributed by atoms with Gasteiger partial charge in [0, 0.05) is 17.1 Å². The Morgan fingerprint density at radius 1 is 1.08 bits per heavy atom. The third-order valence-corrected chi connectivity index (χ3v) is 3.92. The number of benzene rings is 2. The predicted octanol–water partition coefficient (Wildman–Crippen LogP) is 2.27. The van der Waals surface area contributed by atoms with Crippen LogP contribution in [0.15, 0.2) is 48.5 Å². The van der Waals surface area contributed by atoms with Crippen molar-refractivity contribution in [2.45, 2.75) is 6.42 Å². The Balaban J connectivity index is 1.64. The van der Waals surface area contributed by atoms with Crippen LogP contribution in [0.1, 0.15) is 6.42 Å². The zero-order valence-electron chi connectivity index (χ0n) is 14.5. The first-order chi connectivity index (χ1) is 12.1. The van der Waals surface area contributed by atoms with E-state index < -0.39 is 0 Å². The molecule has 0 aliphatic heterocycles. The molecule has 2 rings (SSSR count). The molecule has 0 spiro atoms. The fourth-order valence-corrected chi connectivity index (χ4v) is 2.46. The molecule has 25 heavy (non-hydrogen) atoms. The van der Waals surface area contributed by atoms with Crippen LogP contribution >= 0.6 is 11.6 Å². The number of ether oxygens (including phenoxy) is 2. The van der Waals surface area contributed by atoms with E-state index in [9.17, 15) is 4.79 Å². The lowest BCUT2D eigenvalue weighted by molar-refractivity contribution is -0.871. The Labute approximate surface area is 153 Å². The fraction of sp³-hybridized carbons (Fsp3) is 0.316. The number of likely N-dealkylation sites (N-methyl/N-ethyl adjacent to an activating group) is 1. The molecule has 0 saturated carbocycles. The Bertz CT molecular complexity index is 659. The number of halogens is 1. The number of carbonyl (C=O) groups is 1. The Morgan fingerprint density at radius 2 is 1.72 bits per heavy atom. The van der Waals surface area contributed by atoms with Crippen molar-refractivity contribution in [3.63, 3.8) is 0 Å². The van der Waals surface area contributed by atoms with Crippen molar-refractivity contribution < 1.29 is 19.2 Å². The van der Waals surface area contributed by atoms with Gasteiger partial charge < -0.3 is 19.7 Å². The van der Waals surface area contributed by atoms with Crippen LogP contribution in [-0.4, -0.2) is 39.8 Å². The molecule has 0 aromatic heterocycles. The van der Waals surface area contributed by atoms with Gasteiger partial charge in [-0.3, -0.25) is 4.79 Å². The minimum Gasteiger partial charge on any atom is -0.497 e. The second kappa shape index (κ2) is 9.91. The molecule has 1 amide bonds. The van der Waals surface area contributed by atoms with Crippen LogP contribution in [0.3, 0.4) is 0 Å². The highest BCUT2D eigenvalue weighted by atomic mass is 35.5. The number of amides is 1. The molecule has 0 radical (unpaired) electrons. The van der Waals surface area contributed by atoms with Gasteiger partial charge in [0.15, 0.2) is 6.54 Å². The highest BCUT2D eigenvalue weighted by molar-refractivity contribution is 6.30. The van der Waals surface area contributed by atoms with Crippen LogP contribution in [0.2, 0.25) is 5.02 Å².